The van der Waals surface area contributed by atoms with Gasteiger partial charge in [-0.3, -0.25) is 9.59 Å². The maximum Gasteiger partial charge on any atom is 0.475 e. The van der Waals surface area contributed by atoms with Gasteiger partial charge in [0.15, 0.2) is 0 Å². The number of carbonyl (C=O) groups excluding carboxylic acids is 2. The number of hydrogen-bond donors (Lipinski definition) is 4. The Bertz CT molecular complexity index is 687. The largest absolute Gasteiger partial charge is 0.475 e. The molecule has 1 aliphatic heterocycles. The number of halogens is 1. The summed E-state index contributed by atoms with van der Waals surface area (Å²) in [6.45, 7) is 6.44. The molecule has 1 aliphatic rings. The molecule has 0 aromatic heterocycles. The van der Waals surface area contributed by atoms with E-state index in [9.17, 15) is 24.0 Å². The van der Waals surface area contributed by atoms with E-state index < -0.39 is 31.1 Å². The van der Waals surface area contributed by atoms with Gasteiger partial charge in [-0.25, -0.2) is 4.39 Å². The van der Waals surface area contributed by atoms with Crippen LogP contribution in [0.15, 0.2) is 24.3 Å². The summed E-state index contributed by atoms with van der Waals surface area (Å²) in [4.78, 5) is 27.3. The lowest BCUT2D eigenvalue weighted by Crippen LogP contribution is -2.60. The van der Waals surface area contributed by atoms with Crippen molar-refractivity contribution in [3.05, 3.63) is 30.1 Å². The molecule has 1 fully saturated rings. The van der Waals surface area contributed by atoms with E-state index >= 15 is 0 Å². The Morgan fingerprint density at radius 2 is 1.90 bits per heavy atom. The number of amides is 2. The summed E-state index contributed by atoms with van der Waals surface area (Å²) in [5.74, 6) is -1.65. The highest BCUT2D eigenvalue weighted by Crippen LogP contribution is 2.26. The lowest BCUT2D eigenvalue weighted by atomic mass is 9.75. The molecule has 1 aromatic carbocycles. The highest BCUT2D eigenvalue weighted by atomic mass is 19.1. The van der Waals surface area contributed by atoms with Gasteiger partial charge in [0, 0.05) is 12.2 Å². The Kier molecular flexibility index (Phi) is 8.46. The molecule has 4 N–H and O–H groups in total. The van der Waals surface area contributed by atoms with Gasteiger partial charge in [0.25, 0.3) is 0 Å². The second-order valence-corrected chi connectivity index (χ2v) is 7.98. The average molecular weight is 407 g/mol. The van der Waals surface area contributed by atoms with Crippen LogP contribution in [-0.2, 0) is 9.59 Å². The van der Waals surface area contributed by atoms with Crippen LogP contribution >= 0.6 is 0 Å². The van der Waals surface area contributed by atoms with Gasteiger partial charge in [-0.2, -0.15) is 0 Å². The van der Waals surface area contributed by atoms with Crippen LogP contribution < -0.4 is 15.5 Å². The topological polar surface area (TPSA) is 102 Å². The molecular weight excluding hydrogens is 376 g/mol. The molecule has 3 atom stereocenters. The van der Waals surface area contributed by atoms with E-state index in [-0.39, 0.29) is 17.6 Å². The Labute approximate surface area is 171 Å². The molecule has 1 aromatic rings. The predicted octanol–water partition coefficient (Wildman–Crippen LogP) is 1.23. The SMILES string of the molecule is CCC[C@H](NC(=O)[C@@H]1CCN1c1ccc(F)cc1)C(=O)N[C@H](CC(C)C)B(O)O. The minimum atomic E-state index is -1.67. The zero-order chi connectivity index (χ0) is 21.6. The molecule has 1 heterocycles. The number of nitrogens with one attached hydrogen (secondary N) is 2. The first-order valence-electron chi connectivity index (χ1n) is 10.2. The van der Waals surface area contributed by atoms with Crippen molar-refractivity contribution < 1.29 is 24.0 Å². The van der Waals surface area contributed by atoms with Crippen molar-refractivity contribution >= 4 is 24.6 Å². The van der Waals surface area contributed by atoms with Crippen molar-refractivity contribution in [1.29, 1.82) is 0 Å². The minimum absolute atomic E-state index is 0.167. The van der Waals surface area contributed by atoms with Crippen LogP contribution in [0.5, 0.6) is 0 Å². The van der Waals surface area contributed by atoms with E-state index in [2.05, 4.69) is 10.6 Å². The predicted molar refractivity (Wildman–Crippen MR) is 111 cm³/mol. The summed E-state index contributed by atoms with van der Waals surface area (Å²) in [5.41, 5.74) is 0.759. The molecule has 9 heteroatoms. The van der Waals surface area contributed by atoms with E-state index in [4.69, 9.17) is 0 Å². The molecule has 2 amide bonds. The number of rotatable bonds is 10. The van der Waals surface area contributed by atoms with Crippen LogP contribution in [0.3, 0.4) is 0 Å². The summed E-state index contributed by atoms with van der Waals surface area (Å²) in [7, 11) is -1.67. The van der Waals surface area contributed by atoms with E-state index in [1.54, 1.807) is 12.1 Å². The molecular formula is C20H31BFN3O4. The molecule has 7 nitrogen and oxygen atoms in total. The van der Waals surface area contributed by atoms with Crippen LogP contribution in [-0.4, -0.2) is 53.6 Å². The third-order valence-corrected chi connectivity index (χ3v) is 5.10. The van der Waals surface area contributed by atoms with Gasteiger partial charge in [-0.1, -0.05) is 27.2 Å². The van der Waals surface area contributed by atoms with Crippen LogP contribution in [0.25, 0.3) is 0 Å². The van der Waals surface area contributed by atoms with E-state index in [1.165, 1.54) is 12.1 Å². The van der Waals surface area contributed by atoms with Gasteiger partial charge < -0.3 is 25.6 Å². The van der Waals surface area contributed by atoms with Crippen molar-refractivity contribution in [2.24, 2.45) is 5.92 Å². The summed E-state index contributed by atoms with van der Waals surface area (Å²) in [6.07, 6.45) is 2.18. The van der Waals surface area contributed by atoms with Crippen molar-refractivity contribution in [2.75, 3.05) is 11.4 Å². The van der Waals surface area contributed by atoms with Crippen LogP contribution in [0.2, 0.25) is 0 Å². The fourth-order valence-electron chi connectivity index (χ4n) is 3.47. The van der Waals surface area contributed by atoms with Crippen LogP contribution in [0, 0.1) is 11.7 Å². The fourth-order valence-corrected chi connectivity index (χ4v) is 3.47. The first-order valence-corrected chi connectivity index (χ1v) is 10.2. The lowest BCUT2D eigenvalue weighted by Gasteiger charge is -2.42. The molecule has 0 radical (unpaired) electrons. The highest BCUT2D eigenvalue weighted by molar-refractivity contribution is 6.43. The van der Waals surface area contributed by atoms with E-state index in [1.807, 2.05) is 25.7 Å². The molecule has 0 aliphatic carbocycles. The lowest BCUT2D eigenvalue weighted by molar-refractivity contribution is -0.130. The van der Waals surface area contributed by atoms with Crippen molar-refractivity contribution in [3.8, 4) is 0 Å². The number of anilines is 1. The van der Waals surface area contributed by atoms with E-state index in [0.717, 1.165) is 5.69 Å². The minimum Gasteiger partial charge on any atom is -0.426 e. The number of carbonyl (C=O) groups is 2. The van der Waals surface area contributed by atoms with Gasteiger partial charge in [-0.05, 0) is 49.4 Å². The third-order valence-electron chi connectivity index (χ3n) is 5.10. The van der Waals surface area contributed by atoms with Crippen molar-refractivity contribution in [3.63, 3.8) is 0 Å². The monoisotopic (exact) mass is 407 g/mol. The summed E-state index contributed by atoms with van der Waals surface area (Å²) in [6, 6.07) is 4.80. The van der Waals surface area contributed by atoms with Crippen LogP contribution in [0.4, 0.5) is 10.1 Å². The van der Waals surface area contributed by atoms with Gasteiger partial charge in [0.05, 0.1) is 5.94 Å². The standard InChI is InChI=1S/C20H31BFN3O4/c1-4-5-16(19(26)24-18(21(28)29)12-13(2)3)23-20(27)17-10-11-25(17)15-8-6-14(22)7-9-15/h6-9,13,16-18,28-29H,4-5,10-12H2,1-3H3,(H,23,27)(H,24,26)/t16-,17-,18+/m0/s1. The van der Waals surface area contributed by atoms with Gasteiger partial charge >= 0.3 is 7.12 Å². The number of nitrogens with zero attached hydrogens (tertiary/aromatic N) is 1. The number of benzene rings is 1. The summed E-state index contributed by atoms with van der Waals surface area (Å²) in [5, 5.41) is 24.5. The first kappa shape index (κ1) is 23.2. The average Bonchev–Trinajstić information content (AvgIpc) is 2.61. The maximum absolute atomic E-state index is 13.1. The fraction of sp³-hybridized carbons (Fsp3) is 0.600. The van der Waals surface area contributed by atoms with Crippen LogP contribution in [0.1, 0.15) is 46.5 Å². The molecule has 2 rings (SSSR count). The summed E-state index contributed by atoms with van der Waals surface area (Å²) >= 11 is 0. The Morgan fingerprint density at radius 3 is 2.38 bits per heavy atom. The molecule has 0 unspecified atom stereocenters. The second kappa shape index (κ2) is 10.6. The zero-order valence-electron chi connectivity index (χ0n) is 17.3. The molecule has 1 saturated heterocycles. The van der Waals surface area contributed by atoms with Crippen molar-refractivity contribution in [1.82, 2.24) is 10.6 Å². The van der Waals surface area contributed by atoms with Gasteiger partial charge in [0.2, 0.25) is 11.8 Å². The van der Waals surface area contributed by atoms with Gasteiger partial charge in [-0.15, -0.1) is 0 Å². The van der Waals surface area contributed by atoms with Crippen molar-refractivity contribution in [2.45, 2.75) is 64.5 Å². The summed E-state index contributed by atoms with van der Waals surface area (Å²) < 4.78 is 13.1. The first-order chi connectivity index (χ1) is 13.7. The molecule has 0 spiro atoms. The molecule has 160 valence electrons. The third kappa shape index (κ3) is 6.43. The Morgan fingerprint density at radius 1 is 1.24 bits per heavy atom. The smallest absolute Gasteiger partial charge is 0.426 e. The highest BCUT2D eigenvalue weighted by Gasteiger charge is 2.36. The number of hydrogen-bond acceptors (Lipinski definition) is 5. The van der Waals surface area contributed by atoms with Gasteiger partial charge in [0.1, 0.15) is 17.9 Å². The Hall–Kier alpha value is -2.13. The maximum atomic E-state index is 13.1. The normalized spacial score (nSPS) is 18.0. The molecule has 0 saturated carbocycles. The molecule has 29 heavy (non-hydrogen) atoms. The zero-order valence-corrected chi connectivity index (χ0v) is 17.3. The molecule has 0 bridgehead atoms. The van der Waals surface area contributed by atoms with E-state index in [0.29, 0.717) is 32.2 Å². The Balaban J connectivity index is 2.00. The second-order valence-electron chi connectivity index (χ2n) is 7.98. The quantitative estimate of drug-likeness (QED) is 0.437.